The summed E-state index contributed by atoms with van der Waals surface area (Å²) in [5.74, 6) is 1.37. The minimum Gasteiger partial charge on any atom is -0.454 e. The van der Waals surface area contributed by atoms with Crippen molar-refractivity contribution in [2.75, 3.05) is 23.6 Å². The van der Waals surface area contributed by atoms with Gasteiger partial charge in [-0.3, -0.25) is 9.59 Å². The molecule has 6 heteroatoms. The molecule has 1 saturated heterocycles. The molecule has 2 aliphatic rings. The van der Waals surface area contributed by atoms with E-state index in [0.29, 0.717) is 23.6 Å². The first-order valence-electron chi connectivity index (χ1n) is 8.28. The summed E-state index contributed by atoms with van der Waals surface area (Å²) < 4.78 is 10.6. The van der Waals surface area contributed by atoms with E-state index in [0.717, 1.165) is 24.2 Å². The van der Waals surface area contributed by atoms with Crippen molar-refractivity contribution < 1.29 is 19.1 Å². The fourth-order valence-electron chi connectivity index (χ4n) is 3.08. The summed E-state index contributed by atoms with van der Waals surface area (Å²) in [6.07, 6.45) is 1.78. The van der Waals surface area contributed by atoms with Crippen molar-refractivity contribution in [1.29, 1.82) is 0 Å². The van der Waals surface area contributed by atoms with E-state index in [1.54, 1.807) is 23.1 Å². The lowest BCUT2D eigenvalue weighted by Gasteiger charge is -2.15. The minimum atomic E-state index is -0.108. The molecule has 6 nitrogen and oxygen atoms in total. The summed E-state index contributed by atoms with van der Waals surface area (Å²) in [4.78, 5) is 25.8. The number of fused-ring (bicyclic) bond motifs is 1. The van der Waals surface area contributed by atoms with Gasteiger partial charge in [0.25, 0.3) is 0 Å². The zero-order valence-corrected chi connectivity index (χ0v) is 13.7. The second kappa shape index (κ2) is 6.47. The Morgan fingerprint density at radius 1 is 1.08 bits per heavy atom. The quantitative estimate of drug-likeness (QED) is 0.931. The van der Waals surface area contributed by atoms with Gasteiger partial charge in [0.15, 0.2) is 11.5 Å². The number of benzene rings is 2. The molecule has 4 rings (SSSR count). The van der Waals surface area contributed by atoms with Crippen molar-refractivity contribution in [3.63, 3.8) is 0 Å². The number of carbonyl (C=O) groups is 2. The molecule has 2 aromatic carbocycles. The average Bonchev–Trinajstić information content (AvgIpc) is 3.24. The molecule has 25 heavy (non-hydrogen) atoms. The second-order valence-corrected chi connectivity index (χ2v) is 6.11. The lowest BCUT2D eigenvalue weighted by atomic mass is 10.1. The molecular formula is C19H18N2O4. The van der Waals surface area contributed by atoms with E-state index in [-0.39, 0.29) is 25.0 Å². The van der Waals surface area contributed by atoms with E-state index in [9.17, 15) is 9.59 Å². The molecule has 1 fully saturated rings. The van der Waals surface area contributed by atoms with Crippen LogP contribution in [0.5, 0.6) is 11.5 Å². The molecule has 0 spiro atoms. The van der Waals surface area contributed by atoms with Gasteiger partial charge in [0.2, 0.25) is 18.6 Å². The van der Waals surface area contributed by atoms with Gasteiger partial charge in [-0.15, -0.1) is 0 Å². The van der Waals surface area contributed by atoms with Crippen LogP contribution in [0.2, 0.25) is 0 Å². The van der Waals surface area contributed by atoms with Crippen LogP contribution in [0.3, 0.4) is 0 Å². The van der Waals surface area contributed by atoms with Gasteiger partial charge in [-0.1, -0.05) is 12.1 Å². The highest BCUT2D eigenvalue weighted by atomic mass is 16.7. The Hall–Kier alpha value is -3.02. The van der Waals surface area contributed by atoms with Gasteiger partial charge in [0, 0.05) is 30.4 Å². The van der Waals surface area contributed by atoms with E-state index in [1.807, 2.05) is 24.3 Å². The number of nitrogens with zero attached hydrogens (tertiary/aromatic N) is 1. The number of nitrogens with one attached hydrogen (secondary N) is 1. The van der Waals surface area contributed by atoms with Crippen LogP contribution in [-0.2, 0) is 16.0 Å². The summed E-state index contributed by atoms with van der Waals surface area (Å²) in [5, 5.41) is 2.86. The van der Waals surface area contributed by atoms with E-state index in [1.165, 1.54) is 0 Å². The van der Waals surface area contributed by atoms with Crippen LogP contribution >= 0.6 is 0 Å². The third-order valence-electron chi connectivity index (χ3n) is 4.34. The number of hydrogen-bond donors (Lipinski definition) is 1. The Bertz CT molecular complexity index is 817. The highest BCUT2D eigenvalue weighted by Gasteiger charge is 2.21. The van der Waals surface area contributed by atoms with Crippen LogP contribution in [0.1, 0.15) is 18.4 Å². The lowest BCUT2D eigenvalue weighted by Crippen LogP contribution is -2.23. The van der Waals surface area contributed by atoms with Crippen molar-refractivity contribution in [2.24, 2.45) is 0 Å². The van der Waals surface area contributed by atoms with Crippen molar-refractivity contribution in [3.05, 3.63) is 48.0 Å². The molecule has 2 heterocycles. The second-order valence-electron chi connectivity index (χ2n) is 6.11. The van der Waals surface area contributed by atoms with E-state index < -0.39 is 0 Å². The SMILES string of the molecule is O=C(Cc1ccc(N2CCCC2=O)cc1)Nc1ccc2c(c1)OCO2. The molecule has 0 atom stereocenters. The zero-order chi connectivity index (χ0) is 17.2. The molecule has 0 bridgehead atoms. The molecule has 0 unspecified atom stereocenters. The number of anilines is 2. The third kappa shape index (κ3) is 3.28. The predicted molar refractivity (Wildman–Crippen MR) is 92.9 cm³/mol. The average molecular weight is 338 g/mol. The van der Waals surface area contributed by atoms with Gasteiger partial charge < -0.3 is 19.7 Å². The van der Waals surface area contributed by atoms with Gasteiger partial charge >= 0.3 is 0 Å². The Labute approximate surface area is 145 Å². The summed E-state index contributed by atoms with van der Waals surface area (Å²) in [6, 6.07) is 12.9. The van der Waals surface area contributed by atoms with Crippen LogP contribution in [0.4, 0.5) is 11.4 Å². The highest BCUT2D eigenvalue weighted by Crippen LogP contribution is 2.34. The summed E-state index contributed by atoms with van der Waals surface area (Å²) in [5.41, 5.74) is 2.46. The number of ether oxygens (including phenoxy) is 2. The molecule has 1 N–H and O–H groups in total. The van der Waals surface area contributed by atoms with Crippen LogP contribution < -0.4 is 19.7 Å². The molecule has 0 aromatic heterocycles. The fourth-order valence-corrected chi connectivity index (χ4v) is 3.08. The lowest BCUT2D eigenvalue weighted by molar-refractivity contribution is -0.117. The van der Waals surface area contributed by atoms with E-state index >= 15 is 0 Å². The largest absolute Gasteiger partial charge is 0.454 e. The highest BCUT2D eigenvalue weighted by molar-refractivity contribution is 5.95. The van der Waals surface area contributed by atoms with Crippen LogP contribution in [0.25, 0.3) is 0 Å². The molecular weight excluding hydrogens is 320 g/mol. The Balaban J connectivity index is 1.38. The number of carbonyl (C=O) groups excluding carboxylic acids is 2. The smallest absolute Gasteiger partial charge is 0.231 e. The Morgan fingerprint density at radius 2 is 1.88 bits per heavy atom. The minimum absolute atomic E-state index is 0.108. The predicted octanol–water partition coefficient (Wildman–Crippen LogP) is 2.72. The van der Waals surface area contributed by atoms with Crippen molar-refractivity contribution >= 4 is 23.2 Å². The van der Waals surface area contributed by atoms with Crippen molar-refractivity contribution in [3.8, 4) is 11.5 Å². The molecule has 0 aliphatic carbocycles. The molecule has 2 aromatic rings. The van der Waals surface area contributed by atoms with Crippen LogP contribution in [-0.4, -0.2) is 25.2 Å². The first-order valence-corrected chi connectivity index (χ1v) is 8.28. The standard InChI is InChI=1S/C19H18N2O4/c22-18(20-14-5-8-16-17(11-14)25-12-24-16)10-13-3-6-15(7-4-13)21-9-1-2-19(21)23/h3-8,11H,1-2,9-10,12H2,(H,20,22). The number of hydrogen-bond acceptors (Lipinski definition) is 4. The number of rotatable bonds is 4. The Morgan fingerprint density at radius 3 is 2.64 bits per heavy atom. The first-order chi connectivity index (χ1) is 12.2. The third-order valence-corrected chi connectivity index (χ3v) is 4.34. The maximum absolute atomic E-state index is 12.2. The monoisotopic (exact) mass is 338 g/mol. The van der Waals surface area contributed by atoms with Crippen LogP contribution in [0.15, 0.2) is 42.5 Å². The van der Waals surface area contributed by atoms with Crippen molar-refractivity contribution in [1.82, 2.24) is 0 Å². The summed E-state index contributed by atoms with van der Waals surface area (Å²) in [6.45, 7) is 0.974. The Kier molecular flexibility index (Phi) is 4.01. The number of amides is 2. The molecule has 0 radical (unpaired) electrons. The molecule has 2 aliphatic heterocycles. The van der Waals surface area contributed by atoms with Crippen LogP contribution in [0, 0.1) is 0 Å². The molecule has 2 amide bonds. The topological polar surface area (TPSA) is 67.9 Å². The van der Waals surface area contributed by atoms with Crippen molar-refractivity contribution in [2.45, 2.75) is 19.3 Å². The molecule has 128 valence electrons. The zero-order valence-electron chi connectivity index (χ0n) is 13.7. The maximum atomic E-state index is 12.2. The summed E-state index contributed by atoms with van der Waals surface area (Å²) in [7, 11) is 0. The summed E-state index contributed by atoms with van der Waals surface area (Å²) >= 11 is 0. The van der Waals surface area contributed by atoms with E-state index in [2.05, 4.69) is 5.32 Å². The fraction of sp³-hybridized carbons (Fsp3) is 0.263. The van der Waals surface area contributed by atoms with Gasteiger partial charge in [-0.25, -0.2) is 0 Å². The normalized spacial score (nSPS) is 15.5. The van der Waals surface area contributed by atoms with Gasteiger partial charge in [0.05, 0.1) is 6.42 Å². The van der Waals surface area contributed by atoms with E-state index in [4.69, 9.17) is 9.47 Å². The first kappa shape index (κ1) is 15.5. The van der Waals surface area contributed by atoms with Gasteiger partial charge in [0.1, 0.15) is 0 Å². The van der Waals surface area contributed by atoms with Gasteiger partial charge in [-0.2, -0.15) is 0 Å². The molecule has 0 saturated carbocycles. The van der Waals surface area contributed by atoms with Gasteiger partial charge in [-0.05, 0) is 36.2 Å². The maximum Gasteiger partial charge on any atom is 0.231 e.